The summed E-state index contributed by atoms with van der Waals surface area (Å²) in [5, 5.41) is 9.99. The Morgan fingerprint density at radius 2 is 1.94 bits per heavy atom. The SMILES string of the molecule is O=C1CCCc2c1ccc(=O)n2[C@H]1CCC[C@@H]1O. The lowest BCUT2D eigenvalue weighted by Gasteiger charge is -2.25. The summed E-state index contributed by atoms with van der Waals surface area (Å²) in [5.41, 5.74) is 1.43. The van der Waals surface area contributed by atoms with Crippen molar-refractivity contribution in [2.24, 2.45) is 0 Å². The Bertz CT molecular complexity index is 546. The third kappa shape index (κ3) is 1.72. The minimum absolute atomic E-state index is 0.0885. The largest absolute Gasteiger partial charge is 0.391 e. The van der Waals surface area contributed by atoms with E-state index in [4.69, 9.17) is 0 Å². The van der Waals surface area contributed by atoms with E-state index in [1.807, 2.05) is 0 Å². The average molecular weight is 247 g/mol. The molecule has 0 saturated heterocycles. The molecule has 2 atom stereocenters. The van der Waals surface area contributed by atoms with Crippen LogP contribution in [0.3, 0.4) is 0 Å². The van der Waals surface area contributed by atoms with Gasteiger partial charge in [-0.25, -0.2) is 0 Å². The number of rotatable bonds is 1. The smallest absolute Gasteiger partial charge is 0.251 e. The van der Waals surface area contributed by atoms with Crippen LogP contribution in [0.25, 0.3) is 0 Å². The number of fused-ring (bicyclic) bond motifs is 1. The van der Waals surface area contributed by atoms with Crippen molar-refractivity contribution in [3.63, 3.8) is 0 Å². The lowest BCUT2D eigenvalue weighted by atomic mass is 9.93. The standard InChI is InChI=1S/C14H17NO3/c16-12-5-1-3-10-9(12)7-8-14(18)15(10)11-4-2-6-13(11)17/h7-8,11,13,17H,1-6H2/t11-,13-/m0/s1. The van der Waals surface area contributed by atoms with Gasteiger partial charge in [0.05, 0.1) is 12.1 Å². The molecule has 1 N–H and O–H groups in total. The van der Waals surface area contributed by atoms with E-state index in [0.717, 1.165) is 37.8 Å². The van der Waals surface area contributed by atoms with Gasteiger partial charge in [0.25, 0.3) is 5.56 Å². The molecule has 0 aromatic carbocycles. The van der Waals surface area contributed by atoms with Crippen LogP contribution >= 0.6 is 0 Å². The van der Waals surface area contributed by atoms with Crippen molar-refractivity contribution in [2.45, 2.75) is 50.7 Å². The van der Waals surface area contributed by atoms with E-state index in [-0.39, 0.29) is 17.4 Å². The van der Waals surface area contributed by atoms with E-state index in [0.29, 0.717) is 12.0 Å². The van der Waals surface area contributed by atoms with Gasteiger partial charge in [-0.3, -0.25) is 9.59 Å². The van der Waals surface area contributed by atoms with Crippen molar-refractivity contribution >= 4 is 5.78 Å². The first-order valence-corrected chi connectivity index (χ1v) is 6.64. The van der Waals surface area contributed by atoms with Crippen LogP contribution in [0.15, 0.2) is 16.9 Å². The summed E-state index contributed by atoms with van der Waals surface area (Å²) in [6.07, 6.45) is 4.19. The second kappa shape index (κ2) is 4.35. The molecule has 0 spiro atoms. The first-order chi connectivity index (χ1) is 8.68. The van der Waals surface area contributed by atoms with Gasteiger partial charge in [-0.15, -0.1) is 0 Å². The van der Waals surface area contributed by atoms with Crippen LogP contribution in [-0.4, -0.2) is 21.6 Å². The number of aliphatic hydroxyl groups excluding tert-OH is 1. The van der Waals surface area contributed by atoms with Crippen LogP contribution in [0, 0.1) is 0 Å². The van der Waals surface area contributed by atoms with E-state index >= 15 is 0 Å². The van der Waals surface area contributed by atoms with E-state index in [2.05, 4.69) is 0 Å². The molecular formula is C14H17NO3. The fourth-order valence-electron chi connectivity index (χ4n) is 3.24. The van der Waals surface area contributed by atoms with E-state index < -0.39 is 6.10 Å². The highest BCUT2D eigenvalue weighted by Crippen LogP contribution is 2.32. The number of pyridine rings is 1. The van der Waals surface area contributed by atoms with Crippen molar-refractivity contribution in [1.29, 1.82) is 0 Å². The number of aromatic nitrogens is 1. The summed E-state index contributed by atoms with van der Waals surface area (Å²) in [7, 11) is 0. The van der Waals surface area contributed by atoms with Crippen LogP contribution in [0.5, 0.6) is 0 Å². The average Bonchev–Trinajstić information content (AvgIpc) is 2.75. The predicted molar refractivity (Wildman–Crippen MR) is 66.9 cm³/mol. The molecule has 96 valence electrons. The summed E-state index contributed by atoms with van der Waals surface area (Å²) in [4.78, 5) is 23.9. The van der Waals surface area contributed by atoms with E-state index in [9.17, 15) is 14.7 Å². The Morgan fingerprint density at radius 1 is 1.11 bits per heavy atom. The zero-order chi connectivity index (χ0) is 12.7. The van der Waals surface area contributed by atoms with Gasteiger partial charge in [0.1, 0.15) is 0 Å². The van der Waals surface area contributed by atoms with Crippen molar-refractivity contribution in [2.75, 3.05) is 0 Å². The maximum absolute atomic E-state index is 12.1. The number of carbonyl (C=O) groups excluding carboxylic acids is 1. The Morgan fingerprint density at radius 3 is 2.67 bits per heavy atom. The lowest BCUT2D eigenvalue weighted by Crippen LogP contribution is -2.34. The van der Waals surface area contributed by atoms with E-state index in [1.165, 1.54) is 6.07 Å². The molecule has 2 aliphatic rings. The molecule has 4 nitrogen and oxygen atoms in total. The van der Waals surface area contributed by atoms with Crippen molar-refractivity contribution < 1.29 is 9.90 Å². The van der Waals surface area contributed by atoms with Gasteiger partial charge < -0.3 is 9.67 Å². The molecule has 3 rings (SSSR count). The first-order valence-electron chi connectivity index (χ1n) is 6.64. The second-order valence-electron chi connectivity index (χ2n) is 5.24. The summed E-state index contributed by atoms with van der Waals surface area (Å²) in [6.45, 7) is 0. The van der Waals surface area contributed by atoms with E-state index in [1.54, 1.807) is 10.6 Å². The monoisotopic (exact) mass is 247 g/mol. The molecule has 18 heavy (non-hydrogen) atoms. The Kier molecular flexibility index (Phi) is 2.82. The van der Waals surface area contributed by atoms with Crippen molar-refractivity contribution in [3.05, 3.63) is 33.7 Å². The topological polar surface area (TPSA) is 59.3 Å². The zero-order valence-corrected chi connectivity index (χ0v) is 10.3. The molecule has 1 heterocycles. The van der Waals surface area contributed by atoms with Crippen LogP contribution in [0.4, 0.5) is 0 Å². The highest BCUT2D eigenvalue weighted by atomic mass is 16.3. The van der Waals surface area contributed by atoms with Crippen LogP contribution in [0.2, 0.25) is 0 Å². The summed E-state index contributed by atoms with van der Waals surface area (Å²) < 4.78 is 1.68. The van der Waals surface area contributed by atoms with Gasteiger partial charge in [-0.2, -0.15) is 0 Å². The molecule has 0 radical (unpaired) electrons. The van der Waals surface area contributed by atoms with Gasteiger partial charge in [-0.1, -0.05) is 0 Å². The van der Waals surface area contributed by atoms with Crippen molar-refractivity contribution in [3.8, 4) is 0 Å². The molecule has 2 aliphatic carbocycles. The van der Waals surface area contributed by atoms with Gasteiger partial charge in [0.2, 0.25) is 0 Å². The lowest BCUT2D eigenvalue weighted by molar-refractivity contribution is 0.0964. The Balaban J connectivity index is 2.16. The number of hydrogen-bond acceptors (Lipinski definition) is 3. The van der Waals surface area contributed by atoms with Crippen LogP contribution in [0.1, 0.15) is 54.2 Å². The fraction of sp³-hybridized carbons (Fsp3) is 0.571. The molecule has 1 saturated carbocycles. The quantitative estimate of drug-likeness (QED) is 0.817. The fourth-order valence-corrected chi connectivity index (χ4v) is 3.24. The van der Waals surface area contributed by atoms with Crippen LogP contribution < -0.4 is 5.56 Å². The third-order valence-electron chi connectivity index (χ3n) is 4.13. The number of aliphatic hydroxyl groups is 1. The second-order valence-corrected chi connectivity index (χ2v) is 5.24. The number of nitrogens with zero attached hydrogens (tertiary/aromatic N) is 1. The van der Waals surface area contributed by atoms with Crippen molar-refractivity contribution in [1.82, 2.24) is 4.57 Å². The third-order valence-corrected chi connectivity index (χ3v) is 4.13. The molecule has 0 aliphatic heterocycles. The Hall–Kier alpha value is -1.42. The number of ketones is 1. The summed E-state index contributed by atoms with van der Waals surface area (Å²) in [5.74, 6) is 0.123. The van der Waals surface area contributed by atoms with Crippen LogP contribution in [-0.2, 0) is 6.42 Å². The summed E-state index contributed by atoms with van der Waals surface area (Å²) >= 11 is 0. The molecule has 0 amide bonds. The zero-order valence-electron chi connectivity index (χ0n) is 10.3. The molecule has 4 heteroatoms. The molecule has 1 fully saturated rings. The normalized spacial score (nSPS) is 27.3. The van der Waals surface area contributed by atoms with Gasteiger partial charge in [0, 0.05) is 23.7 Å². The first kappa shape index (κ1) is 11.7. The predicted octanol–water partition coefficient (Wildman–Crippen LogP) is 1.45. The molecule has 1 aromatic rings. The molecule has 0 unspecified atom stereocenters. The van der Waals surface area contributed by atoms with Gasteiger partial charge in [-0.05, 0) is 38.2 Å². The molecule has 0 bridgehead atoms. The minimum atomic E-state index is -0.453. The number of carbonyl (C=O) groups is 1. The Labute approximate surface area is 105 Å². The summed E-state index contributed by atoms with van der Waals surface area (Å²) in [6, 6.07) is 2.97. The highest BCUT2D eigenvalue weighted by Gasteiger charge is 2.31. The minimum Gasteiger partial charge on any atom is -0.391 e. The molecular weight excluding hydrogens is 230 g/mol. The number of Topliss-reactive ketones (excluding diaryl/α,β-unsaturated/α-hetero) is 1. The van der Waals surface area contributed by atoms with Gasteiger partial charge in [0.15, 0.2) is 5.78 Å². The molecule has 1 aromatic heterocycles. The van der Waals surface area contributed by atoms with Gasteiger partial charge >= 0.3 is 0 Å². The highest BCUT2D eigenvalue weighted by molar-refractivity contribution is 5.97. The maximum atomic E-state index is 12.1. The maximum Gasteiger partial charge on any atom is 0.251 e. The number of hydrogen-bond donors (Lipinski definition) is 1.